The molecule has 0 aliphatic carbocycles. The molecule has 2 aromatic carbocycles. The molecule has 11 heteroatoms. The van der Waals surface area contributed by atoms with Crippen LogP contribution in [0, 0.1) is 0 Å². The number of nitrogens with one attached hydrogen (secondary N) is 2. The number of carboxylic acid groups (broad SMARTS) is 1. The summed E-state index contributed by atoms with van der Waals surface area (Å²) in [7, 11) is 1.44. The number of rotatable bonds is 8. The second-order valence-electron chi connectivity index (χ2n) is 8.73. The van der Waals surface area contributed by atoms with Crippen molar-refractivity contribution in [3.05, 3.63) is 101 Å². The Labute approximate surface area is 234 Å². The number of furan rings is 1. The summed E-state index contributed by atoms with van der Waals surface area (Å²) >= 11 is 12.3. The molecule has 5 rings (SSSR count). The second-order valence-corrected chi connectivity index (χ2v) is 9.52. The summed E-state index contributed by atoms with van der Waals surface area (Å²) in [5, 5.41) is 16.1. The fourth-order valence-electron chi connectivity index (χ4n) is 4.44. The van der Waals surface area contributed by atoms with Crippen molar-refractivity contribution >= 4 is 52.2 Å². The number of halogens is 1. The van der Waals surface area contributed by atoms with Crippen molar-refractivity contribution in [1.29, 1.82) is 0 Å². The Morgan fingerprint density at radius 1 is 1.15 bits per heavy atom. The molecule has 0 spiro atoms. The Morgan fingerprint density at radius 3 is 2.62 bits per heavy atom. The molecule has 3 N–H and O–H groups in total. The minimum atomic E-state index is -0.996. The maximum Gasteiger partial charge on any atom is 0.335 e. The van der Waals surface area contributed by atoms with Gasteiger partial charge in [-0.1, -0.05) is 29.8 Å². The van der Waals surface area contributed by atoms with Crippen molar-refractivity contribution < 1.29 is 23.8 Å². The standard InChI is InChI=1S/C28H23ClN4O5S/c1-37-15-24(34)31-20-10-9-18(14-19(20)29)33-26(25(32-28(33)39)21-4-2-3-13-30-21)23-12-11-22(38-23)16-5-7-17(8-6-16)27(35)36/h2-14,25-26H,15H2,1H3,(H,31,34)(H,32,39)(H,35,36)/t25-,26+/m0/s1. The lowest BCUT2D eigenvalue weighted by Gasteiger charge is -2.26. The van der Waals surface area contributed by atoms with Crippen molar-refractivity contribution in [3.8, 4) is 11.3 Å². The first kappa shape index (κ1) is 26.4. The Balaban J connectivity index is 1.52. The summed E-state index contributed by atoms with van der Waals surface area (Å²) in [6.07, 6.45) is 1.71. The molecule has 2 atom stereocenters. The number of thiocarbonyl (C=S) groups is 1. The van der Waals surface area contributed by atoms with E-state index in [-0.39, 0.29) is 24.1 Å². The number of pyridine rings is 1. The van der Waals surface area contributed by atoms with Gasteiger partial charge in [-0.05, 0) is 66.8 Å². The lowest BCUT2D eigenvalue weighted by molar-refractivity contribution is -0.119. The third-order valence-electron chi connectivity index (χ3n) is 6.21. The first-order chi connectivity index (χ1) is 18.9. The highest BCUT2D eigenvalue weighted by molar-refractivity contribution is 7.80. The average molecular weight is 563 g/mol. The normalized spacial score (nSPS) is 16.7. The van der Waals surface area contributed by atoms with Gasteiger partial charge in [-0.3, -0.25) is 9.78 Å². The quantitative estimate of drug-likeness (QED) is 0.241. The van der Waals surface area contributed by atoms with Gasteiger partial charge in [0.1, 0.15) is 24.2 Å². The predicted molar refractivity (Wildman–Crippen MR) is 151 cm³/mol. The van der Waals surface area contributed by atoms with Crippen LogP contribution in [0.25, 0.3) is 11.3 Å². The number of hydrogen-bond acceptors (Lipinski definition) is 6. The number of carbonyl (C=O) groups excluding carboxylic acids is 1. The number of aromatic nitrogens is 1. The molecule has 2 aromatic heterocycles. The maximum atomic E-state index is 12.0. The van der Waals surface area contributed by atoms with Gasteiger partial charge in [-0.15, -0.1) is 0 Å². The summed E-state index contributed by atoms with van der Waals surface area (Å²) in [6, 6.07) is 20.3. The molecule has 3 heterocycles. The van der Waals surface area contributed by atoms with Crippen LogP contribution in [0.1, 0.15) is 33.9 Å². The number of nitrogens with zero attached hydrogens (tertiary/aromatic N) is 2. The van der Waals surface area contributed by atoms with Crippen LogP contribution in [0.5, 0.6) is 0 Å². The first-order valence-electron chi connectivity index (χ1n) is 11.9. The number of carbonyl (C=O) groups is 2. The minimum Gasteiger partial charge on any atom is -0.478 e. The van der Waals surface area contributed by atoms with E-state index in [1.54, 1.807) is 30.5 Å². The van der Waals surface area contributed by atoms with Gasteiger partial charge in [0.15, 0.2) is 5.11 Å². The van der Waals surface area contributed by atoms with E-state index in [0.29, 0.717) is 33.0 Å². The zero-order valence-corrected chi connectivity index (χ0v) is 22.2. The van der Waals surface area contributed by atoms with Crippen LogP contribution in [0.4, 0.5) is 11.4 Å². The van der Waals surface area contributed by atoms with E-state index in [0.717, 1.165) is 11.3 Å². The third-order valence-corrected chi connectivity index (χ3v) is 6.84. The van der Waals surface area contributed by atoms with Crippen LogP contribution in [-0.4, -0.2) is 40.8 Å². The molecule has 39 heavy (non-hydrogen) atoms. The Bertz CT molecular complexity index is 1530. The number of methoxy groups -OCH3 is 1. The SMILES string of the molecule is COCC(=O)Nc1ccc(N2C(=S)N[C@@H](c3ccccn3)[C@H]2c2ccc(-c3ccc(C(=O)O)cc3)o2)cc1Cl. The van der Waals surface area contributed by atoms with Crippen molar-refractivity contribution in [1.82, 2.24) is 10.3 Å². The Kier molecular flexibility index (Phi) is 7.60. The number of aromatic carboxylic acids is 1. The van der Waals surface area contributed by atoms with E-state index in [2.05, 4.69) is 15.6 Å². The summed E-state index contributed by atoms with van der Waals surface area (Å²) in [5.41, 5.74) is 2.83. The van der Waals surface area contributed by atoms with Gasteiger partial charge in [0, 0.05) is 24.6 Å². The van der Waals surface area contributed by atoms with E-state index in [4.69, 9.17) is 33.0 Å². The number of benzene rings is 2. The third kappa shape index (κ3) is 5.49. The number of anilines is 2. The molecular weight excluding hydrogens is 540 g/mol. The molecule has 198 valence electrons. The first-order valence-corrected chi connectivity index (χ1v) is 12.7. The Hall–Kier alpha value is -4.25. The van der Waals surface area contributed by atoms with Crippen LogP contribution >= 0.6 is 23.8 Å². The van der Waals surface area contributed by atoms with Crippen LogP contribution in [-0.2, 0) is 9.53 Å². The van der Waals surface area contributed by atoms with Gasteiger partial charge >= 0.3 is 5.97 Å². The molecule has 0 unspecified atom stereocenters. The summed E-state index contributed by atoms with van der Waals surface area (Å²) in [4.78, 5) is 29.7. The van der Waals surface area contributed by atoms with E-state index in [9.17, 15) is 14.7 Å². The van der Waals surface area contributed by atoms with Gasteiger partial charge in [0.25, 0.3) is 0 Å². The summed E-state index contributed by atoms with van der Waals surface area (Å²) in [5.74, 6) is -0.125. The van der Waals surface area contributed by atoms with Crippen molar-refractivity contribution in [3.63, 3.8) is 0 Å². The van der Waals surface area contributed by atoms with Crippen molar-refractivity contribution in [2.45, 2.75) is 12.1 Å². The number of carboxylic acids is 1. The largest absolute Gasteiger partial charge is 0.478 e. The lowest BCUT2D eigenvalue weighted by Crippen LogP contribution is -2.29. The van der Waals surface area contributed by atoms with Gasteiger partial charge in [0.05, 0.1) is 28.0 Å². The van der Waals surface area contributed by atoms with E-state index >= 15 is 0 Å². The summed E-state index contributed by atoms with van der Waals surface area (Å²) in [6.45, 7) is -0.0914. The average Bonchev–Trinajstić information content (AvgIpc) is 3.55. The van der Waals surface area contributed by atoms with E-state index in [1.807, 2.05) is 41.3 Å². The van der Waals surface area contributed by atoms with Crippen LogP contribution in [0.2, 0.25) is 5.02 Å². The predicted octanol–water partition coefficient (Wildman–Crippen LogP) is 5.46. The van der Waals surface area contributed by atoms with Gasteiger partial charge < -0.3 is 29.8 Å². The van der Waals surface area contributed by atoms with Crippen LogP contribution < -0.4 is 15.5 Å². The van der Waals surface area contributed by atoms with Gasteiger partial charge in [0.2, 0.25) is 5.91 Å². The molecule has 1 aliphatic rings. The molecule has 0 bridgehead atoms. The number of hydrogen-bond donors (Lipinski definition) is 3. The van der Waals surface area contributed by atoms with Crippen LogP contribution in [0.15, 0.2) is 83.4 Å². The summed E-state index contributed by atoms with van der Waals surface area (Å²) < 4.78 is 11.2. The highest BCUT2D eigenvalue weighted by Crippen LogP contribution is 2.44. The second kappa shape index (κ2) is 11.2. The van der Waals surface area contributed by atoms with Gasteiger partial charge in [-0.2, -0.15) is 0 Å². The van der Waals surface area contributed by atoms with E-state index < -0.39 is 12.0 Å². The smallest absolute Gasteiger partial charge is 0.335 e. The molecule has 0 saturated carbocycles. The molecule has 1 amide bonds. The highest BCUT2D eigenvalue weighted by Gasteiger charge is 2.42. The fourth-order valence-corrected chi connectivity index (χ4v) is 5.01. The van der Waals surface area contributed by atoms with Crippen molar-refractivity contribution in [2.24, 2.45) is 0 Å². The van der Waals surface area contributed by atoms with Crippen LogP contribution in [0.3, 0.4) is 0 Å². The molecule has 1 saturated heterocycles. The maximum absolute atomic E-state index is 12.0. The molecule has 1 aliphatic heterocycles. The monoisotopic (exact) mass is 562 g/mol. The van der Waals surface area contributed by atoms with E-state index in [1.165, 1.54) is 19.2 Å². The zero-order valence-electron chi connectivity index (χ0n) is 20.6. The number of ether oxygens (including phenoxy) is 1. The molecule has 1 fully saturated rings. The number of amides is 1. The minimum absolute atomic E-state index is 0.0914. The molecule has 9 nitrogen and oxygen atoms in total. The van der Waals surface area contributed by atoms with Gasteiger partial charge in [-0.25, -0.2) is 4.79 Å². The Morgan fingerprint density at radius 2 is 1.95 bits per heavy atom. The zero-order chi connectivity index (χ0) is 27.5. The topological polar surface area (TPSA) is 117 Å². The lowest BCUT2D eigenvalue weighted by atomic mass is 10.0. The molecule has 4 aromatic rings. The molecule has 0 radical (unpaired) electrons. The highest BCUT2D eigenvalue weighted by atomic mass is 35.5. The molecular formula is C28H23ClN4O5S. The fraction of sp³-hybridized carbons (Fsp3) is 0.143. The van der Waals surface area contributed by atoms with Crippen molar-refractivity contribution in [2.75, 3.05) is 23.9 Å².